The number of para-hydroxylation sites is 1. The predicted octanol–water partition coefficient (Wildman–Crippen LogP) is 4.56. The first-order valence-corrected chi connectivity index (χ1v) is 12.4. The molecule has 36 heavy (non-hydrogen) atoms. The van der Waals surface area contributed by atoms with E-state index in [4.69, 9.17) is 0 Å². The summed E-state index contributed by atoms with van der Waals surface area (Å²) >= 11 is 0. The Kier molecular flexibility index (Phi) is 6.98. The topological polar surface area (TPSA) is 43.9 Å². The van der Waals surface area contributed by atoms with E-state index < -0.39 is 11.7 Å². The standard InChI is InChI=1S/C29H29F2N3O2/c30-25-11-5-4-10-24(25)29(36)34-19-22(21-8-2-1-3-9-21)18-23(20-34)28(35)33-16-14-32(15-17-33)27-13-7-6-12-26(27)31/h1-13,22-23H,14-20H2/t22-,23-/m1/s1. The summed E-state index contributed by atoms with van der Waals surface area (Å²) in [4.78, 5) is 32.3. The van der Waals surface area contributed by atoms with Gasteiger partial charge in [-0.15, -0.1) is 0 Å². The predicted molar refractivity (Wildman–Crippen MR) is 135 cm³/mol. The van der Waals surface area contributed by atoms with Crippen molar-refractivity contribution in [2.45, 2.75) is 12.3 Å². The molecule has 0 bridgehead atoms. The number of carbonyl (C=O) groups excluding carboxylic acids is 2. The van der Waals surface area contributed by atoms with E-state index in [-0.39, 0.29) is 35.7 Å². The number of anilines is 1. The normalized spacial score (nSPS) is 20.3. The summed E-state index contributed by atoms with van der Waals surface area (Å²) in [5, 5.41) is 0. The fraction of sp³-hybridized carbons (Fsp3) is 0.310. The number of benzene rings is 3. The van der Waals surface area contributed by atoms with Crippen LogP contribution in [0.1, 0.15) is 28.3 Å². The third kappa shape index (κ3) is 4.96. The summed E-state index contributed by atoms with van der Waals surface area (Å²) in [6, 6.07) is 22.5. The zero-order valence-corrected chi connectivity index (χ0v) is 20.0. The summed E-state index contributed by atoms with van der Waals surface area (Å²) in [6.45, 7) is 2.74. The number of rotatable bonds is 4. The molecule has 0 spiro atoms. The van der Waals surface area contributed by atoms with E-state index >= 15 is 0 Å². The zero-order chi connectivity index (χ0) is 25.1. The highest BCUT2D eigenvalue weighted by Gasteiger charge is 2.38. The molecule has 0 unspecified atom stereocenters. The lowest BCUT2D eigenvalue weighted by Gasteiger charge is -2.42. The lowest BCUT2D eigenvalue weighted by Crippen LogP contribution is -2.54. The number of hydrogen-bond acceptors (Lipinski definition) is 3. The molecule has 186 valence electrons. The van der Waals surface area contributed by atoms with Crippen LogP contribution in [0.15, 0.2) is 78.9 Å². The fourth-order valence-corrected chi connectivity index (χ4v) is 5.35. The second-order valence-corrected chi connectivity index (χ2v) is 9.49. The molecule has 0 aromatic heterocycles. The summed E-state index contributed by atoms with van der Waals surface area (Å²) in [5.41, 5.74) is 1.63. The number of piperidine rings is 1. The molecule has 5 rings (SSSR count). The summed E-state index contributed by atoms with van der Waals surface area (Å²) in [7, 11) is 0. The lowest BCUT2D eigenvalue weighted by atomic mass is 9.83. The molecule has 0 aliphatic carbocycles. The van der Waals surface area contributed by atoms with Gasteiger partial charge in [-0.3, -0.25) is 9.59 Å². The van der Waals surface area contributed by atoms with E-state index in [1.54, 1.807) is 29.2 Å². The molecule has 2 atom stereocenters. The summed E-state index contributed by atoms with van der Waals surface area (Å²) in [6.07, 6.45) is 0.622. The minimum absolute atomic E-state index is 0.00449. The van der Waals surface area contributed by atoms with Crippen LogP contribution < -0.4 is 4.90 Å². The Morgan fingerprint density at radius 1 is 0.694 bits per heavy atom. The van der Waals surface area contributed by atoms with Crippen molar-refractivity contribution in [1.29, 1.82) is 0 Å². The fourth-order valence-electron chi connectivity index (χ4n) is 5.35. The van der Waals surface area contributed by atoms with Crippen LogP contribution in [0.5, 0.6) is 0 Å². The first kappa shape index (κ1) is 24.0. The minimum Gasteiger partial charge on any atom is -0.366 e. The van der Waals surface area contributed by atoms with Gasteiger partial charge in [-0.25, -0.2) is 8.78 Å². The highest BCUT2D eigenvalue weighted by Crippen LogP contribution is 2.33. The number of amides is 2. The number of hydrogen-bond donors (Lipinski definition) is 0. The highest BCUT2D eigenvalue weighted by atomic mass is 19.1. The van der Waals surface area contributed by atoms with E-state index in [9.17, 15) is 18.4 Å². The quantitative estimate of drug-likeness (QED) is 0.540. The molecule has 3 aromatic rings. The van der Waals surface area contributed by atoms with Gasteiger partial charge in [0.2, 0.25) is 5.91 Å². The number of likely N-dealkylation sites (tertiary alicyclic amines) is 1. The zero-order valence-electron chi connectivity index (χ0n) is 20.0. The van der Waals surface area contributed by atoms with Crippen molar-refractivity contribution in [3.05, 3.63) is 102 Å². The van der Waals surface area contributed by atoms with Gasteiger partial charge in [0.05, 0.1) is 17.2 Å². The van der Waals surface area contributed by atoms with Crippen molar-refractivity contribution in [1.82, 2.24) is 9.80 Å². The molecule has 2 amide bonds. The Morgan fingerprint density at radius 3 is 2.03 bits per heavy atom. The maximum atomic E-state index is 14.4. The summed E-state index contributed by atoms with van der Waals surface area (Å²) < 4.78 is 28.6. The third-order valence-corrected chi connectivity index (χ3v) is 7.25. The van der Waals surface area contributed by atoms with Gasteiger partial charge < -0.3 is 14.7 Å². The van der Waals surface area contributed by atoms with Gasteiger partial charge in [-0.05, 0) is 36.2 Å². The highest BCUT2D eigenvalue weighted by molar-refractivity contribution is 5.95. The molecular formula is C29H29F2N3O2. The van der Waals surface area contributed by atoms with E-state index in [1.807, 2.05) is 46.2 Å². The van der Waals surface area contributed by atoms with Crippen LogP contribution in [0.3, 0.4) is 0 Å². The Hall–Kier alpha value is -3.74. The largest absolute Gasteiger partial charge is 0.366 e. The van der Waals surface area contributed by atoms with Crippen LogP contribution in [-0.4, -0.2) is 60.9 Å². The Balaban J connectivity index is 1.33. The molecule has 2 saturated heterocycles. The molecule has 2 aliphatic rings. The molecule has 2 fully saturated rings. The van der Waals surface area contributed by atoms with E-state index in [2.05, 4.69) is 0 Å². The van der Waals surface area contributed by atoms with Gasteiger partial charge in [-0.2, -0.15) is 0 Å². The van der Waals surface area contributed by atoms with Gasteiger partial charge >= 0.3 is 0 Å². The molecule has 5 nitrogen and oxygen atoms in total. The summed E-state index contributed by atoms with van der Waals surface area (Å²) in [5.74, 6) is -1.64. The third-order valence-electron chi connectivity index (χ3n) is 7.25. The molecule has 2 heterocycles. The van der Waals surface area contributed by atoms with Crippen molar-refractivity contribution in [3.63, 3.8) is 0 Å². The van der Waals surface area contributed by atoms with Crippen LogP contribution in [0, 0.1) is 17.6 Å². The van der Waals surface area contributed by atoms with Crippen molar-refractivity contribution in [2.75, 3.05) is 44.2 Å². The van der Waals surface area contributed by atoms with Crippen molar-refractivity contribution in [3.8, 4) is 0 Å². The van der Waals surface area contributed by atoms with Crippen LogP contribution in [0.2, 0.25) is 0 Å². The number of nitrogens with zero attached hydrogens (tertiary/aromatic N) is 3. The SMILES string of the molecule is O=C(c1ccccc1F)N1C[C@H](C(=O)N2CCN(c3ccccc3F)CC2)C[C@@H](c2ccccc2)C1. The first-order chi connectivity index (χ1) is 17.5. The minimum atomic E-state index is -0.559. The molecule has 3 aromatic carbocycles. The monoisotopic (exact) mass is 489 g/mol. The van der Waals surface area contributed by atoms with Crippen LogP contribution in [0.4, 0.5) is 14.5 Å². The van der Waals surface area contributed by atoms with Gasteiger partial charge in [0.25, 0.3) is 5.91 Å². The second kappa shape index (κ2) is 10.5. The maximum Gasteiger partial charge on any atom is 0.256 e. The lowest BCUT2D eigenvalue weighted by molar-refractivity contribution is -0.137. The van der Waals surface area contributed by atoms with Gasteiger partial charge in [0.15, 0.2) is 0 Å². The maximum absolute atomic E-state index is 14.4. The van der Waals surface area contributed by atoms with Gasteiger partial charge in [0.1, 0.15) is 11.6 Å². The Morgan fingerprint density at radius 2 is 1.33 bits per heavy atom. The van der Waals surface area contributed by atoms with Crippen LogP contribution in [0.25, 0.3) is 0 Å². The molecular weight excluding hydrogens is 460 g/mol. The average Bonchev–Trinajstić information content (AvgIpc) is 2.93. The Bertz CT molecular complexity index is 1230. The van der Waals surface area contributed by atoms with Gasteiger partial charge in [0, 0.05) is 45.2 Å². The van der Waals surface area contributed by atoms with E-state index in [0.29, 0.717) is 44.8 Å². The molecule has 0 saturated carbocycles. The van der Waals surface area contributed by atoms with E-state index in [1.165, 1.54) is 18.2 Å². The number of halogens is 2. The Labute approximate surface area is 209 Å². The first-order valence-electron chi connectivity index (χ1n) is 12.4. The molecule has 2 aliphatic heterocycles. The van der Waals surface area contributed by atoms with E-state index in [0.717, 1.165) is 5.56 Å². The molecule has 0 radical (unpaired) electrons. The van der Waals surface area contributed by atoms with Crippen LogP contribution >= 0.6 is 0 Å². The molecule has 0 N–H and O–H groups in total. The average molecular weight is 490 g/mol. The van der Waals surface area contributed by atoms with Gasteiger partial charge in [-0.1, -0.05) is 54.6 Å². The number of piperazine rings is 1. The van der Waals surface area contributed by atoms with Crippen LogP contribution in [-0.2, 0) is 4.79 Å². The second-order valence-electron chi connectivity index (χ2n) is 9.49. The number of carbonyl (C=O) groups is 2. The smallest absolute Gasteiger partial charge is 0.256 e. The molecule has 7 heteroatoms. The van der Waals surface area contributed by atoms with Crippen molar-refractivity contribution >= 4 is 17.5 Å². The van der Waals surface area contributed by atoms with Crippen molar-refractivity contribution < 1.29 is 18.4 Å². The van der Waals surface area contributed by atoms with Crippen molar-refractivity contribution in [2.24, 2.45) is 5.92 Å².